The second-order valence-corrected chi connectivity index (χ2v) is 4.46. The van der Waals surface area contributed by atoms with Crippen LogP contribution >= 0.6 is 0 Å². The first-order valence-corrected chi connectivity index (χ1v) is 5.47. The lowest BCUT2D eigenvalue weighted by Crippen LogP contribution is -2.19. The van der Waals surface area contributed by atoms with Crippen LogP contribution in [0.5, 0.6) is 0 Å². The van der Waals surface area contributed by atoms with E-state index in [9.17, 15) is 0 Å². The number of hydrogen-bond acceptors (Lipinski definition) is 1. The maximum atomic E-state index is 3.45. The molecule has 0 aromatic heterocycles. The molecule has 0 radical (unpaired) electrons. The Morgan fingerprint density at radius 1 is 1.29 bits per heavy atom. The molecule has 0 spiro atoms. The molecule has 1 aliphatic rings. The predicted molar refractivity (Wildman–Crippen MR) is 60.4 cm³/mol. The average molecular weight is 189 g/mol. The molecule has 1 aliphatic carbocycles. The van der Waals surface area contributed by atoms with Crippen molar-refractivity contribution < 1.29 is 0 Å². The van der Waals surface area contributed by atoms with Gasteiger partial charge in [0.15, 0.2) is 0 Å². The highest BCUT2D eigenvalue weighted by atomic mass is 14.9. The maximum absolute atomic E-state index is 3.45. The van der Waals surface area contributed by atoms with Crippen molar-refractivity contribution in [3.8, 4) is 0 Å². The van der Waals surface area contributed by atoms with Crippen molar-refractivity contribution in [2.24, 2.45) is 5.92 Å². The summed E-state index contributed by atoms with van der Waals surface area (Å²) in [5.74, 6) is 0.875. The summed E-state index contributed by atoms with van der Waals surface area (Å²) < 4.78 is 0. The highest BCUT2D eigenvalue weighted by molar-refractivity contribution is 5.34. The predicted octanol–water partition coefficient (Wildman–Crippen LogP) is 2.97. The van der Waals surface area contributed by atoms with Crippen LogP contribution in [0, 0.1) is 19.8 Å². The number of rotatable bonds is 3. The molecule has 2 rings (SSSR count). The summed E-state index contributed by atoms with van der Waals surface area (Å²) in [5, 5.41) is 3.45. The SMILES string of the molecule is CNC(c1cc(C)ccc1C)C1CC1. The van der Waals surface area contributed by atoms with Gasteiger partial charge in [0, 0.05) is 6.04 Å². The molecule has 0 aliphatic heterocycles. The molecular formula is C13H19N. The summed E-state index contributed by atoms with van der Waals surface area (Å²) in [6.45, 7) is 4.38. The number of benzene rings is 1. The first-order chi connectivity index (χ1) is 6.72. The quantitative estimate of drug-likeness (QED) is 0.770. The Bertz CT molecular complexity index is 326. The van der Waals surface area contributed by atoms with Gasteiger partial charge in [0.1, 0.15) is 0 Å². The van der Waals surface area contributed by atoms with Crippen LogP contribution < -0.4 is 5.32 Å². The minimum absolute atomic E-state index is 0.579. The van der Waals surface area contributed by atoms with Crippen LogP contribution in [0.1, 0.15) is 35.6 Å². The van der Waals surface area contributed by atoms with E-state index in [1.54, 1.807) is 0 Å². The molecule has 0 amide bonds. The van der Waals surface area contributed by atoms with Crippen LogP contribution in [0.25, 0.3) is 0 Å². The molecule has 0 saturated heterocycles. The zero-order valence-corrected chi connectivity index (χ0v) is 9.30. The number of hydrogen-bond donors (Lipinski definition) is 1. The van der Waals surface area contributed by atoms with E-state index in [0.717, 1.165) is 5.92 Å². The highest BCUT2D eigenvalue weighted by Gasteiger charge is 2.31. The molecule has 1 saturated carbocycles. The topological polar surface area (TPSA) is 12.0 Å². The summed E-state index contributed by atoms with van der Waals surface area (Å²) in [6, 6.07) is 7.33. The van der Waals surface area contributed by atoms with E-state index >= 15 is 0 Å². The van der Waals surface area contributed by atoms with Crippen LogP contribution in [0.4, 0.5) is 0 Å². The minimum Gasteiger partial charge on any atom is -0.313 e. The lowest BCUT2D eigenvalue weighted by molar-refractivity contribution is 0.526. The third-order valence-electron chi connectivity index (χ3n) is 3.17. The molecule has 0 bridgehead atoms. The molecule has 1 fully saturated rings. The molecular weight excluding hydrogens is 170 g/mol. The van der Waals surface area contributed by atoms with Gasteiger partial charge in [-0.2, -0.15) is 0 Å². The maximum Gasteiger partial charge on any atom is 0.0348 e. The third-order valence-corrected chi connectivity index (χ3v) is 3.17. The van der Waals surface area contributed by atoms with Crippen molar-refractivity contribution >= 4 is 0 Å². The normalized spacial score (nSPS) is 18.2. The first-order valence-electron chi connectivity index (χ1n) is 5.47. The summed E-state index contributed by atoms with van der Waals surface area (Å²) >= 11 is 0. The zero-order valence-electron chi connectivity index (χ0n) is 9.30. The summed E-state index contributed by atoms with van der Waals surface area (Å²) in [7, 11) is 2.07. The van der Waals surface area contributed by atoms with Crippen LogP contribution in [-0.4, -0.2) is 7.05 Å². The van der Waals surface area contributed by atoms with Gasteiger partial charge < -0.3 is 5.32 Å². The Morgan fingerprint density at radius 3 is 2.57 bits per heavy atom. The lowest BCUT2D eigenvalue weighted by atomic mass is 9.96. The molecule has 1 aromatic rings. The smallest absolute Gasteiger partial charge is 0.0348 e. The van der Waals surface area contributed by atoms with E-state index in [1.807, 2.05) is 0 Å². The van der Waals surface area contributed by atoms with Gasteiger partial charge in [-0.1, -0.05) is 23.8 Å². The second-order valence-electron chi connectivity index (χ2n) is 4.46. The molecule has 0 heterocycles. The fourth-order valence-electron chi connectivity index (χ4n) is 2.17. The standard InChI is InChI=1S/C13H19N/c1-9-4-5-10(2)12(8-9)13(14-3)11-6-7-11/h4-5,8,11,13-14H,6-7H2,1-3H3. The molecule has 1 N–H and O–H groups in total. The summed E-state index contributed by atoms with van der Waals surface area (Å²) in [6.07, 6.45) is 2.78. The lowest BCUT2D eigenvalue weighted by Gasteiger charge is -2.18. The Labute approximate surface area is 86.5 Å². The van der Waals surface area contributed by atoms with Gasteiger partial charge in [0.2, 0.25) is 0 Å². The van der Waals surface area contributed by atoms with E-state index < -0.39 is 0 Å². The van der Waals surface area contributed by atoms with Gasteiger partial charge in [0.05, 0.1) is 0 Å². The Hall–Kier alpha value is -0.820. The van der Waals surface area contributed by atoms with Gasteiger partial charge in [0.25, 0.3) is 0 Å². The fraction of sp³-hybridized carbons (Fsp3) is 0.538. The molecule has 1 heteroatoms. The van der Waals surface area contributed by atoms with Crippen LogP contribution in [-0.2, 0) is 0 Å². The molecule has 1 nitrogen and oxygen atoms in total. The Balaban J connectivity index is 2.32. The monoisotopic (exact) mass is 189 g/mol. The minimum atomic E-state index is 0.579. The van der Waals surface area contributed by atoms with Crippen LogP contribution in [0.2, 0.25) is 0 Å². The first kappa shape index (κ1) is 9.72. The molecule has 1 aromatic carbocycles. The van der Waals surface area contributed by atoms with E-state index in [0.29, 0.717) is 6.04 Å². The van der Waals surface area contributed by atoms with E-state index in [-0.39, 0.29) is 0 Å². The van der Waals surface area contributed by atoms with E-state index in [1.165, 1.54) is 29.5 Å². The van der Waals surface area contributed by atoms with Crippen LogP contribution in [0.3, 0.4) is 0 Å². The van der Waals surface area contributed by atoms with Crippen molar-refractivity contribution in [3.63, 3.8) is 0 Å². The Kier molecular flexibility index (Phi) is 2.60. The van der Waals surface area contributed by atoms with Gasteiger partial charge >= 0.3 is 0 Å². The average Bonchev–Trinajstić information content (AvgIpc) is 2.96. The highest BCUT2D eigenvalue weighted by Crippen LogP contribution is 2.41. The van der Waals surface area contributed by atoms with Gasteiger partial charge in [-0.05, 0) is 50.8 Å². The Morgan fingerprint density at radius 2 is 2.00 bits per heavy atom. The number of nitrogens with one attached hydrogen (secondary N) is 1. The summed E-state index contributed by atoms with van der Waals surface area (Å²) in [4.78, 5) is 0. The van der Waals surface area contributed by atoms with Gasteiger partial charge in [-0.15, -0.1) is 0 Å². The second kappa shape index (κ2) is 3.74. The largest absolute Gasteiger partial charge is 0.313 e. The van der Waals surface area contributed by atoms with Crippen molar-refractivity contribution in [1.29, 1.82) is 0 Å². The third kappa shape index (κ3) is 1.83. The van der Waals surface area contributed by atoms with Crippen molar-refractivity contribution in [3.05, 3.63) is 34.9 Å². The molecule has 14 heavy (non-hydrogen) atoms. The zero-order chi connectivity index (χ0) is 10.1. The van der Waals surface area contributed by atoms with Crippen molar-refractivity contribution in [2.45, 2.75) is 32.7 Å². The van der Waals surface area contributed by atoms with Crippen LogP contribution in [0.15, 0.2) is 18.2 Å². The molecule has 76 valence electrons. The van der Waals surface area contributed by atoms with E-state index in [4.69, 9.17) is 0 Å². The number of aryl methyl sites for hydroxylation is 2. The van der Waals surface area contributed by atoms with Crippen molar-refractivity contribution in [1.82, 2.24) is 5.32 Å². The van der Waals surface area contributed by atoms with E-state index in [2.05, 4.69) is 44.4 Å². The van der Waals surface area contributed by atoms with Crippen molar-refractivity contribution in [2.75, 3.05) is 7.05 Å². The summed E-state index contributed by atoms with van der Waals surface area (Å²) in [5.41, 5.74) is 4.28. The van der Waals surface area contributed by atoms with Gasteiger partial charge in [-0.3, -0.25) is 0 Å². The van der Waals surface area contributed by atoms with Gasteiger partial charge in [-0.25, -0.2) is 0 Å². The molecule has 1 unspecified atom stereocenters. The fourth-order valence-corrected chi connectivity index (χ4v) is 2.17. The molecule has 1 atom stereocenters.